The van der Waals surface area contributed by atoms with Crippen LogP contribution >= 0.6 is 0 Å². The monoisotopic (exact) mass is 289 g/mol. The molecule has 1 N–H and O–H groups in total. The molecule has 0 radical (unpaired) electrons. The molecule has 4 nitrogen and oxygen atoms in total. The second kappa shape index (κ2) is 5.02. The first-order chi connectivity index (χ1) is 9.89. The van der Waals surface area contributed by atoms with Gasteiger partial charge in [-0.25, -0.2) is 4.79 Å². The van der Waals surface area contributed by atoms with Gasteiger partial charge in [-0.1, -0.05) is 45.0 Å². The molecular formula is C17H23NO3. The summed E-state index contributed by atoms with van der Waals surface area (Å²) < 4.78 is 6.04. The van der Waals surface area contributed by atoms with Gasteiger partial charge in [0.05, 0.1) is 12.7 Å². The standard InChI is InChI=1S/C17H23NO3/c1-17(2,3)15-13(10-18(15)16(19)20)14-12-7-5-4-6-11(12)8-9-21-14/h4-7,13-15H,8-10H2,1-3H3,(H,19,20). The van der Waals surface area contributed by atoms with Crippen molar-refractivity contribution in [1.82, 2.24) is 4.90 Å². The number of nitrogens with zero attached hydrogens (tertiary/aromatic N) is 1. The highest BCUT2D eigenvalue weighted by Crippen LogP contribution is 2.47. The van der Waals surface area contributed by atoms with Gasteiger partial charge in [0.25, 0.3) is 0 Å². The molecule has 21 heavy (non-hydrogen) atoms. The summed E-state index contributed by atoms with van der Waals surface area (Å²) in [5.74, 6) is 0.238. The molecule has 0 aliphatic carbocycles. The summed E-state index contributed by atoms with van der Waals surface area (Å²) in [6.07, 6.45) is 0.146. The van der Waals surface area contributed by atoms with Crippen LogP contribution in [0.25, 0.3) is 0 Å². The third-order valence-corrected chi connectivity index (χ3v) is 4.70. The predicted octanol–water partition coefficient (Wildman–Crippen LogP) is 3.32. The topological polar surface area (TPSA) is 49.8 Å². The second-order valence-corrected chi connectivity index (χ2v) is 7.15. The third kappa shape index (κ3) is 2.42. The van der Waals surface area contributed by atoms with Crippen molar-refractivity contribution in [3.05, 3.63) is 35.4 Å². The maximum absolute atomic E-state index is 11.4. The summed E-state index contributed by atoms with van der Waals surface area (Å²) in [5.41, 5.74) is 2.50. The Morgan fingerprint density at radius 1 is 1.33 bits per heavy atom. The average Bonchev–Trinajstić information content (AvgIpc) is 2.35. The molecule has 1 saturated heterocycles. The molecule has 0 saturated carbocycles. The maximum Gasteiger partial charge on any atom is 0.407 e. The van der Waals surface area contributed by atoms with Crippen LogP contribution in [0.2, 0.25) is 0 Å². The van der Waals surface area contributed by atoms with Crippen molar-refractivity contribution in [2.75, 3.05) is 13.2 Å². The van der Waals surface area contributed by atoms with Gasteiger partial charge in [0.1, 0.15) is 0 Å². The normalized spacial score (nSPS) is 28.7. The molecule has 2 heterocycles. The summed E-state index contributed by atoms with van der Waals surface area (Å²) in [6, 6.07) is 8.39. The lowest BCUT2D eigenvalue weighted by molar-refractivity contribution is -0.116. The number of ether oxygens (including phenoxy) is 1. The van der Waals surface area contributed by atoms with Gasteiger partial charge in [-0.15, -0.1) is 0 Å². The number of fused-ring (bicyclic) bond motifs is 1. The molecule has 2 aliphatic heterocycles. The van der Waals surface area contributed by atoms with Crippen LogP contribution in [0.5, 0.6) is 0 Å². The molecule has 4 heteroatoms. The molecule has 1 amide bonds. The van der Waals surface area contributed by atoms with Gasteiger partial charge < -0.3 is 14.7 Å². The largest absolute Gasteiger partial charge is 0.465 e. The van der Waals surface area contributed by atoms with E-state index in [4.69, 9.17) is 4.74 Å². The molecular weight excluding hydrogens is 266 g/mol. The molecule has 0 bridgehead atoms. The number of likely N-dealkylation sites (tertiary alicyclic amines) is 1. The fourth-order valence-electron chi connectivity index (χ4n) is 3.88. The molecule has 114 valence electrons. The van der Waals surface area contributed by atoms with Crippen molar-refractivity contribution in [2.24, 2.45) is 11.3 Å². The number of carbonyl (C=O) groups is 1. The van der Waals surface area contributed by atoms with E-state index in [1.807, 2.05) is 6.07 Å². The molecule has 3 unspecified atom stereocenters. The van der Waals surface area contributed by atoms with Crippen LogP contribution in [-0.2, 0) is 11.2 Å². The average molecular weight is 289 g/mol. The fourth-order valence-corrected chi connectivity index (χ4v) is 3.88. The predicted molar refractivity (Wildman–Crippen MR) is 80.3 cm³/mol. The number of rotatable bonds is 1. The summed E-state index contributed by atoms with van der Waals surface area (Å²) in [7, 11) is 0. The van der Waals surface area contributed by atoms with Crippen molar-refractivity contribution in [1.29, 1.82) is 0 Å². The lowest BCUT2D eigenvalue weighted by Crippen LogP contribution is -2.65. The minimum absolute atomic E-state index is 0.00570. The fraction of sp³-hybridized carbons (Fsp3) is 0.588. The van der Waals surface area contributed by atoms with Crippen LogP contribution in [0.15, 0.2) is 24.3 Å². The van der Waals surface area contributed by atoms with Gasteiger partial charge in [-0.05, 0) is 23.0 Å². The van der Waals surface area contributed by atoms with E-state index in [0.717, 1.165) is 13.0 Å². The maximum atomic E-state index is 11.4. The lowest BCUT2D eigenvalue weighted by atomic mass is 9.68. The Labute approximate surface area is 125 Å². The van der Waals surface area contributed by atoms with Crippen LogP contribution in [0.3, 0.4) is 0 Å². The Hall–Kier alpha value is -1.55. The quantitative estimate of drug-likeness (QED) is 0.862. The van der Waals surface area contributed by atoms with Crippen molar-refractivity contribution in [3.63, 3.8) is 0 Å². The molecule has 3 atom stereocenters. The summed E-state index contributed by atoms with van der Waals surface area (Å²) in [4.78, 5) is 13.0. The Bertz CT molecular complexity index is 549. The zero-order valence-electron chi connectivity index (χ0n) is 12.9. The van der Waals surface area contributed by atoms with E-state index < -0.39 is 6.09 Å². The molecule has 0 aromatic heterocycles. The van der Waals surface area contributed by atoms with Crippen LogP contribution < -0.4 is 0 Å². The van der Waals surface area contributed by atoms with E-state index >= 15 is 0 Å². The van der Waals surface area contributed by atoms with Crippen molar-refractivity contribution >= 4 is 6.09 Å². The van der Waals surface area contributed by atoms with Gasteiger partial charge in [-0.2, -0.15) is 0 Å². The van der Waals surface area contributed by atoms with Crippen LogP contribution in [0, 0.1) is 11.3 Å². The Balaban J connectivity index is 1.90. The summed E-state index contributed by atoms with van der Waals surface area (Å²) in [6.45, 7) is 7.61. The highest BCUT2D eigenvalue weighted by molar-refractivity contribution is 5.67. The SMILES string of the molecule is CC(C)(C)C1C(C2OCCc3ccccc32)CN1C(=O)O. The molecule has 1 fully saturated rings. The zero-order chi connectivity index (χ0) is 15.2. The molecule has 1 aromatic carbocycles. The van der Waals surface area contributed by atoms with Gasteiger partial charge in [0.15, 0.2) is 0 Å². The van der Waals surface area contributed by atoms with Crippen LogP contribution in [0.1, 0.15) is 38.0 Å². The summed E-state index contributed by atoms with van der Waals surface area (Å²) in [5, 5.41) is 9.36. The number of amides is 1. The minimum Gasteiger partial charge on any atom is -0.465 e. The van der Waals surface area contributed by atoms with E-state index in [2.05, 4.69) is 39.0 Å². The Morgan fingerprint density at radius 3 is 2.71 bits per heavy atom. The van der Waals surface area contributed by atoms with Crippen molar-refractivity contribution in [2.45, 2.75) is 39.3 Å². The number of carboxylic acid groups (broad SMARTS) is 1. The van der Waals surface area contributed by atoms with Crippen molar-refractivity contribution in [3.8, 4) is 0 Å². The van der Waals surface area contributed by atoms with Crippen LogP contribution in [0.4, 0.5) is 4.79 Å². The van der Waals surface area contributed by atoms with Crippen molar-refractivity contribution < 1.29 is 14.6 Å². The van der Waals surface area contributed by atoms with Gasteiger partial charge in [-0.3, -0.25) is 0 Å². The molecule has 3 rings (SSSR count). The number of hydrogen-bond acceptors (Lipinski definition) is 2. The Morgan fingerprint density at radius 2 is 2.05 bits per heavy atom. The first-order valence-electron chi connectivity index (χ1n) is 7.58. The smallest absolute Gasteiger partial charge is 0.407 e. The van der Waals surface area contributed by atoms with Gasteiger partial charge in [0.2, 0.25) is 0 Å². The van der Waals surface area contributed by atoms with Crippen LogP contribution in [-0.4, -0.2) is 35.3 Å². The second-order valence-electron chi connectivity index (χ2n) is 7.15. The van der Waals surface area contributed by atoms with E-state index in [0.29, 0.717) is 6.54 Å². The molecule has 2 aliphatic rings. The van der Waals surface area contributed by atoms with E-state index in [1.54, 1.807) is 4.90 Å². The highest BCUT2D eigenvalue weighted by Gasteiger charge is 2.52. The van der Waals surface area contributed by atoms with Gasteiger partial charge in [0, 0.05) is 18.5 Å². The lowest BCUT2D eigenvalue weighted by Gasteiger charge is -2.55. The van der Waals surface area contributed by atoms with E-state index in [-0.39, 0.29) is 23.5 Å². The number of benzene rings is 1. The Kier molecular flexibility index (Phi) is 3.44. The van der Waals surface area contributed by atoms with Gasteiger partial charge >= 0.3 is 6.09 Å². The number of hydrogen-bond donors (Lipinski definition) is 1. The third-order valence-electron chi connectivity index (χ3n) is 4.70. The molecule has 1 aromatic rings. The zero-order valence-corrected chi connectivity index (χ0v) is 12.9. The summed E-state index contributed by atoms with van der Waals surface area (Å²) >= 11 is 0. The first-order valence-corrected chi connectivity index (χ1v) is 7.58. The minimum atomic E-state index is -0.824. The van der Waals surface area contributed by atoms with E-state index in [1.165, 1.54) is 11.1 Å². The van der Waals surface area contributed by atoms with E-state index in [9.17, 15) is 9.90 Å². The highest BCUT2D eigenvalue weighted by atomic mass is 16.5. The molecule has 0 spiro atoms. The first kappa shape index (κ1) is 14.4.